The van der Waals surface area contributed by atoms with Crippen molar-refractivity contribution in [1.29, 1.82) is 0 Å². The predicted molar refractivity (Wildman–Crippen MR) is 74.3 cm³/mol. The van der Waals surface area contributed by atoms with Crippen LogP contribution >= 0.6 is 0 Å². The summed E-state index contributed by atoms with van der Waals surface area (Å²) in [5, 5.41) is 2.97. The van der Waals surface area contributed by atoms with Gasteiger partial charge in [-0.2, -0.15) is 0 Å². The lowest BCUT2D eigenvalue weighted by molar-refractivity contribution is 0.0571. The van der Waals surface area contributed by atoms with E-state index in [4.69, 9.17) is 4.74 Å². The standard InChI is InChI=1S/C14H21N3O2/c1-15-13-12(6-3-7-16-13)14(18)17-8-4-5-11(9-17)10-19-2/h3,6-7,11H,4-5,8-10H2,1-2H3,(H,15,16). The molecule has 1 N–H and O–H groups in total. The van der Waals surface area contributed by atoms with Crippen molar-refractivity contribution in [3.05, 3.63) is 23.9 Å². The number of hydrogen-bond acceptors (Lipinski definition) is 4. The minimum atomic E-state index is 0.0539. The number of rotatable bonds is 4. The number of amides is 1. The van der Waals surface area contributed by atoms with Gasteiger partial charge in [-0.25, -0.2) is 4.98 Å². The lowest BCUT2D eigenvalue weighted by Gasteiger charge is -2.32. The molecule has 0 radical (unpaired) electrons. The summed E-state index contributed by atoms with van der Waals surface area (Å²) in [7, 11) is 3.49. The van der Waals surface area contributed by atoms with Crippen molar-refractivity contribution in [2.24, 2.45) is 5.92 Å². The molecule has 104 valence electrons. The molecule has 1 saturated heterocycles. The summed E-state index contributed by atoms with van der Waals surface area (Å²) in [6.45, 7) is 2.30. The number of nitrogens with zero attached hydrogens (tertiary/aromatic N) is 2. The fourth-order valence-corrected chi connectivity index (χ4v) is 2.57. The molecule has 1 atom stereocenters. The second kappa shape index (κ2) is 6.52. The van der Waals surface area contributed by atoms with E-state index in [1.165, 1.54) is 0 Å². The van der Waals surface area contributed by atoms with Crippen molar-refractivity contribution < 1.29 is 9.53 Å². The van der Waals surface area contributed by atoms with Crippen LogP contribution in [0.25, 0.3) is 0 Å². The Hall–Kier alpha value is -1.62. The van der Waals surface area contributed by atoms with Crippen molar-refractivity contribution >= 4 is 11.7 Å². The number of methoxy groups -OCH3 is 1. The number of piperidine rings is 1. The lowest BCUT2D eigenvalue weighted by Crippen LogP contribution is -2.41. The van der Waals surface area contributed by atoms with Crippen LogP contribution in [0.4, 0.5) is 5.82 Å². The van der Waals surface area contributed by atoms with E-state index in [1.807, 2.05) is 11.0 Å². The third kappa shape index (κ3) is 3.23. The first-order chi connectivity index (χ1) is 9.26. The number of carbonyl (C=O) groups is 1. The number of likely N-dealkylation sites (tertiary alicyclic amines) is 1. The molecule has 0 bridgehead atoms. The molecule has 1 unspecified atom stereocenters. The maximum Gasteiger partial charge on any atom is 0.257 e. The number of nitrogens with one attached hydrogen (secondary N) is 1. The average molecular weight is 263 g/mol. The summed E-state index contributed by atoms with van der Waals surface area (Å²) in [5.74, 6) is 1.14. The molecule has 0 aliphatic carbocycles. The van der Waals surface area contributed by atoms with Gasteiger partial charge >= 0.3 is 0 Å². The Morgan fingerprint density at radius 2 is 2.47 bits per heavy atom. The van der Waals surface area contributed by atoms with E-state index < -0.39 is 0 Å². The van der Waals surface area contributed by atoms with E-state index in [0.29, 0.717) is 17.3 Å². The van der Waals surface area contributed by atoms with Gasteiger partial charge in [0.25, 0.3) is 5.91 Å². The Labute approximate surface area is 114 Å². The largest absolute Gasteiger partial charge is 0.384 e. The molecule has 1 amide bonds. The lowest BCUT2D eigenvalue weighted by atomic mass is 9.98. The number of pyridine rings is 1. The summed E-state index contributed by atoms with van der Waals surface area (Å²) >= 11 is 0. The molecule has 1 aliphatic rings. The Morgan fingerprint density at radius 3 is 3.21 bits per heavy atom. The number of carbonyl (C=O) groups excluding carboxylic acids is 1. The Bertz CT molecular complexity index is 434. The number of aromatic nitrogens is 1. The third-order valence-corrected chi connectivity index (χ3v) is 3.48. The van der Waals surface area contributed by atoms with Crippen LogP contribution in [0.5, 0.6) is 0 Å². The normalized spacial score (nSPS) is 19.3. The maximum absolute atomic E-state index is 12.5. The van der Waals surface area contributed by atoms with Crippen LogP contribution in [0.15, 0.2) is 18.3 Å². The quantitative estimate of drug-likeness (QED) is 0.897. The number of anilines is 1. The fraction of sp³-hybridized carbons (Fsp3) is 0.571. The molecule has 2 rings (SSSR count). The highest BCUT2D eigenvalue weighted by molar-refractivity contribution is 5.98. The third-order valence-electron chi connectivity index (χ3n) is 3.48. The van der Waals surface area contributed by atoms with Crippen LogP contribution in [-0.4, -0.2) is 49.6 Å². The predicted octanol–water partition coefficient (Wildman–Crippen LogP) is 1.62. The number of hydrogen-bond donors (Lipinski definition) is 1. The molecule has 0 spiro atoms. The minimum absolute atomic E-state index is 0.0539. The monoisotopic (exact) mass is 263 g/mol. The van der Waals surface area contributed by atoms with Crippen LogP contribution in [-0.2, 0) is 4.74 Å². The summed E-state index contributed by atoms with van der Waals surface area (Å²) in [6, 6.07) is 3.62. The van der Waals surface area contributed by atoms with E-state index in [-0.39, 0.29) is 5.91 Å². The van der Waals surface area contributed by atoms with Gasteiger partial charge < -0.3 is 15.0 Å². The van der Waals surface area contributed by atoms with Crippen molar-refractivity contribution in [1.82, 2.24) is 9.88 Å². The van der Waals surface area contributed by atoms with E-state index in [1.54, 1.807) is 26.4 Å². The maximum atomic E-state index is 12.5. The second-order valence-corrected chi connectivity index (χ2v) is 4.86. The van der Waals surface area contributed by atoms with Crippen LogP contribution in [0.3, 0.4) is 0 Å². The zero-order chi connectivity index (χ0) is 13.7. The minimum Gasteiger partial charge on any atom is -0.384 e. The smallest absolute Gasteiger partial charge is 0.257 e. The first-order valence-electron chi connectivity index (χ1n) is 6.67. The first kappa shape index (κ1) is 13.8. The molecule has 1 fully saturated rings. The van der Waals surface area contributed by atoms with E-state index in [9.17, 15) is 4.79 Å². The Morgan fingerprint density at radius 1 is 1.63 bits per heavy atom. The highest BCUT2D eigenvalue weighted by Gasteiger charge is 2.25. The van der Waals surface area contributed by atoms with Crippen LogP contribution in [0.1, 0.15) is 23.2 Å². The molecule has 5 nitrogen and oxygen atoms in total. The molecule has 0 saturated carbocycles. The molecule has 2 heterocycles. The molecular weight excluding hydrogens is 242 g/mol. The van der Waals surface area contributed by atoms with Crippen molar-refractivity contribution in [2.45, 2.75) is 12.8 Å². The van der Waals surface area contributed by atoms with E-state index >= 15 is 0 Å². The van der Waals surface area contributed by atoms with Crippen LogP contribution in [0, 0.1) is 5.92 Å². The highest BCUT2D eigenvalue weighted by Crippen LogP contribution is 2.21. The zero-order valence-electron chi connectivity index (χ0n) is 11.6. The zero-order valence-corrected chi connectivity index (χ0v) is 11.6. The Kier molecular flexibility index (Phi) is 4.74. The van der Waals surface area contributed by atoms with Gasteiger partial charge in [0, 0.05) is 33.4 Å². The summed E-state index contributed by atoms with van der Waals surface area (Å²) in [4.78, 5) is 18.6. The Balaban J connectivity index is 2.10. The van der Waals surface area contributed by atoms with Gasteiger partial charge in [0.2, 0.25) is 0 Å². The summed E-state index contributed by atoms with van der Waals surface area (Å²) in [6.07, 6.45) is 3.85. The van der Waals surface area contributed by atoms with E-state index in [0.717, 1.165) is 32.5 Å². The van der Waals surface area contributed by atoms with Gasteiger partial charge in [0.1, 0.15) is 5.82 Å². The van der Waals surface area contributed by atoms with Crippen molar-refractivity contribution in [2.75, 3.05) is 39.2 Å². The molecule has 1 aromatic rings. The topological polar surface area (TPSA) is 54.5 Å². The van der Waals surface area contributed by atoms with Crippen molar-refractivity contribution in [3.8, 4) is 0 Å². The van der Waals surface area contributed by atoms with Crippen LogP contribution < -0.4 is 5.32 Å². The van der Waals surface area contributed by atoms with Gasteiger partial charge in [-0.05, 0) is 30.9 Å². The van der Waals surface area contributed by atoms with Gasteiger partial charge in [-0.1, -0.05) is 0 Å². The molecule has 0 aromatic carbocycles. The molecule has 1 aromatic heterocycles. The summed E-state index contributed by atoms with van der Waals surface area (Å²) in [5.41, 5.74) is 0.642. The first-order valence-corrected chi connectivity index (χ1v) is 6.67. The highest BCUT2D eigenvalue weighted by atomic mass is 16.5. The summed E-state index contributed by atoms with van der Waals surface area (Å²) < 4.78 is 5.20. The fourth-order valence-electron chi connectivity index (χ4n) is 2.57. The number of ether oxygens (including phenoxy) is 1. The second-order valence-electron chi connectivity index (χ2n) is 4.86. The SMILES string of the molecule is CNc1ncccc1C(=O)N1CCCC(COC)C1. The van der Waals surface area contributed by atoms with Gasteiger partial charge in [0.05, 0.1) is 12.2 Å². The molecule has 5 heteroatoms. The molecule has 1 aliphatic heterocycles. The van der Waals surface area contributed by atoms with Gasteiger partial charge in [-0.15, -0.1) is 0 Å². The molecular formula is C14H21N3O2. The van der Waals surface area contributed by atoms with E-state index in [2.05, 4.69) is 10.3 Å². The van der Waals surface area contributed by atoms with Gasteiger partial charge in [0.15, 0.2) is 0 Å². The molecule has 19 heavy (non-hydrogen) atoms. The van der Waals surface area contributed by atoms with Crippen molar-refractivity contribution in [3.63, 3.8) is 0 Å². The van der Waals surface area contributed by atoms with Crippen LogP contribution in [0.2, 0.25) is 0 Å². The van der Waals surface area contributed by atoms with Gasteiger partial charge in [-0.3, -0.25) is 4.79 Å². The average Bonchev–Trinajstić information content (AvgIpc) is 2.47.